The van der Waals surface area contributed by atoms with Gasteiger partial charge in [0.25, 0.3) is 0 Å². The maximum atomic E-state index is 10.8. The highest BCUT2D eigenvalue weighted by molar-refractivity contribution is 7.91. The normalized spacial score (nSPS) is 21.6. The molecule has 0 radical (unpaired) electrons. The zero-order valence-corrected chi connectivity index (χ0v) is 6.02. The van der Waals surface area contributed by atoms with E-state index in [-0.39, 0.29) is 5.25 Å². The highest BCUT2D eigenvalue weighted by Crippen LogP contribution is 2.04. The van der Waals surface area contributed by atoms with E-state index in [2.05, 4.69) is 5.32 Å². The molecule has 1 rings (SSSR count). The van der Waals surface area contributed by atoms with Gasteiger partial charge in [-0.05, 0) is 23.3 Å². The van der Waals surface area contributed by atoms with E-state index in [1.54, 1.807) is 18.7 Å². The minimum Gasteiger partial charge on any atom is -0.616 e. The third-order valence-corrected chi connectivity index (χ3v) is 2.23. The smallest absolute Gasteiger partial charge is 0.155 e. The molecule has 0 saturated carbocycles. The SMILES string of the molecule is C[S+]([O-])C1C=CNC=C1. The van der Waals surface area contributed by atoms with Gasteiger partial charge in [0.15, 0.2) is 5.25 Å². The highest BCUT2D eigenvalue weighted by atomic mass is 32.2. The molecule has 0 bridgehead atoms. The predicted molar refractivity (Wildman–Crippen MR) is 39.3 cm³/mol. The summed E-state index contributed by atoms with van der Waals surface area (Å²) in [5, 5.41) is 2.98. The number of hydrogen-bond acceptors (Lipinski definition) is 2. The lowest BCUT2D eigenvalue weighted by Gasteiger charge is -2.12. The Kier molecular flexibility index (Phi) is 2.19. The van der Waals surface area contributed by atoms with Gasteiger partial charge in [0.2, 0.25) is 0 Å². The average Bonchev–Trinajstić information content (AvgIpc) is 1.90. The molecule has 9 heavy (non-hydrogen) atoms. The third-order valence-electron chi connectivity index (χ3n) is 1.15. The van der Waals surface area contributed by atoms with Gasteiger partial charge >= 0.3 is 0 Å². The first-order valence-electron chi connectivity index (χ1n) is 2.72. The van der Waals surface area contributed by atoms with Crippen molar-refractivity contribution in [1.82, 2.24) is 5.32 Å². The van der Waals surface area contributed by atoms with Crippen LogP contribution in [0.25, 0.3) is 0 Å². The Labute approximate surface area is 57.8 Å². The lowest BCUT2D eigenvalue weighted by molar-refractivity contribution is 0.598. The molecule has 0 saturated heterocycles. The van der Waals surface area contributed by atoms with Crippen LogP contribution in [0.4, 0.5) is 0 Å². The van der Waals surface area contributed by atoms with Crippen LogP contribution in [-0.2, 0) is 11.2 Å². The molecule has 50 valence electrons. The van der Waals surface area contributed by atoms with Gasteiger partial charge in [-0.2, -0.15) is 0 Å². The van der Waals surface area contributed by atoms with Gasteiger partial charge in [-0.3, -0.25) is 0 Å². The first kappa shape index (κ1) is 6.71. The first-order valence-corrected chi connectivity index (χ1v) is 4.34. The Morgan fingerprint density at radius 2 is 2.00 bits per heavy atom. The zero-order valence-electron chi connectivity index (χ0n) is 5.20. The molecule has 1 atom stereocenters. The minimum absolute atomic E-state index is 0.103. The van der Waals surface area contributed by atoms with Crippen molar-refractivity contribution in [3.05, 3.63) is 24.6 Å². The molecule has 1 heterocycles. The molecule has 0 amide bonds. The molecule has 1 aliphatic rings. The molecular formula is C6H9NOS. The number of hydrogen-bond donors (Lipinski definition) is 1. The van der Waals surface area contributed by atoms with E-state index < -0.39 is 11.2 Å². The lowest BCUT2D eigenvalue weighted by atomic mass is 10.3. The van der Waals surface area contributed by atoms with Crippen molar-refractivity contribution in [3.8, 4) is 0 Å². The minimum atomic E-state index is -0.766. The lowest BCUT2D eigenvalue weighted by Crippen LogP contribution is -2.18. The van der Waals surface area contributed by atoms with E-state index in [4.69, 9.17) is 0 Å². The Morgan fingerprint density at radius 1 is 1.44 bits per heavy atom. The summed E-state index contributed by atoms with van der Waals surface area (Å²) in [6.07, 6.45) is 9.06. The molecule has 2 nitrogen and oxygen atoms in total. The van der Waals surface area contributed by atoms with Gasteiger partial charge in [-0.25, -0.2) is 0 Å². The van der Waals surface area contributed by atoms with Crippen LogP contribution in [0.5, 0.6) is 0 Å². The number of nitrogens with one attached hydrogen (secondary N) is 1. The highest BCUT2D eigenvalue weighted by Gasteiger charge is 2.10. The second-order valence-electron chi connectivity index (χ2n) is 1.85. The van der Waals surface area contributed by atoms with E-state index in [1.165, 1.54) is 0 Å². The molecule has 1 N–H and O–H groups in total. The van der Waals surface area contributed by atoms with E-state index in [9.17, 15) is 4.55 Å². The fraction of sp³-hybridized carbons (Fsp3) is 0.333. The molecule has 3 heteroatoms. The first-order chi connectivity index (χ1) is 4.30. The molecule has 0 aromatic rings. The number of dihydropyridines is 1. The van der Waals surface area contributed by atoms with E-state index >= 15 is 0 Å². The third kappa shape index (κ3) is 1.77. The van der Waals surface area contributed by atoms with E-state index in [0.717, 1.165) is 0 Å². The summed E-state index contributed by atoms with van der Waals surface area (Å²) in [5.74, 6) is 0. The predicted octanol–water partition coefficient (Wildman–Crippen LogP) is 0.364. The van der Waals surface area contributed by atoms with E-state index in [0.29, 0.717) is 0 Å². The van der Waals surface area contributed by atoms with Crippen LogP contribution < -0.4 is 5.32 Å². The van der Waals surface area contributed by atoms with Crippen molar-refractivity contribution >= 4 is 11.2 Å². The summed E-state index contributed by atoms with van der Waals surface area (Å²) in [6, 6.07) is 0. The topological polar surface area (TPSA) is 35.1 Å². The zero-order chi connectivity index (χ0) is 6.69. The fourth-order valence-electron chi connectivity index (χ4n) is 0.642. The molecule has 1 aliphatic heterocycles. The number of rotatable bonds is 1. The van der Waals surface area contributed by atoms with Gasteiger partial charge in [-0.1, -0.05) is 0 Å². The molecule has 0 fully saturated rings. The molecule has 0 aromatic carbocycles. The largest absolute Gasteiger partial charge is 0.616 e. The van der Waals surface area contributed by atoms with Crippen molar-refractivity contribution < 1.29 is 4.55 Å². The summed E-state index contributed by atoms with van der Waals surface area (Å²) in [7, 11) is 0. The average molecular weight is 143 g/mol. The van der Waals surface area contributed by atoms with Gasteiger partial charge in [0.1, 0.15) is 0 Å². The van der Waals surface area contributed by atoms with Crippen molar-refractivity contribution in [2.24, 2.45) is 0 Å². The van der Waals surface area contributed by atoms with Crippen molar-refractivity contribution in [2.45, 2.75) is 5.25 Å². The standard InChI is InChI=1S/C6H9NOS/c1-9(8)6-2-4-7-5-3-6/h2-7H,1H3. The van der Waals surface area contributed by atoms with Crippen molar-refractivity contribution in [3.63, 3.8) is 0 Å². The summed E-state index contributed by atoms with van der Waals surface area (Å²) >= 11 is -0.766. The Balaban J connectivity index is 2.49. The summed E-state index contributed by atoms with van der Waals surface area (Å²) in [4.78, 5) is 0. The Hall–Kier alpha value is -0.410. The second-order valence-corrected chi connectivity index (χ2v) is 3.39. The van der Waals surface area contributed by atoms with Crippen LogP contribution in [0.1, 0.15) is 0 Å². The monoisotopic (exact) mass is 143 g/mol. The van der Waals surface area contributed by atoms with Gasteiger partial charge < -0.3 is 9.87 Å². The van der Waals surface area contributed by atoms with Crippen LogP contribution in [0, 0.1) is 0 Å². The summed E-state index contributed by atoms with van der Waals surface area (Å²) in [5.41, 5.74) is 0. The van der Waals surface area contributed by atoms with Crippen LogP contribution in [0.15, 0.2) is 24.6 Å². The van der Waals surface area contributed by atoms with Gasteiger partial charge in [0.05, 0.1) is 6.26 Å². The fourth-order valence-corrected chi connectivity index (χ4v) is 1.24. The Morgan fingerprint density at radius 3 is 2.33 bits per heavy atom. The summed E-state index contributed by atoms with van der Waals surface area (Å²) < 4.78 is 10.8. The summed E-state index contributed by atoms with van der Waals surface area (Å²) in [6.45, 7) is 0. The van der Waals surface area contributed by atoms with Crippen LogP contribution in [0.2, 0.25) is 0 Å². The van der Waals surface area contributed by atoms with Crippen LogP contribution in [0.3, 0.4) is 0 Å². The maximum Gasteiger partial charge on any atom is 0.155 e. The van der Waals surface area contributed by atoms with E-state index in [1.807, 2.05) is 12.2 Å². The van der Waals surface area contributed by atoms with Crippen molar-refractivity contribution in [1.29, 1.82) is 0 Å². The quantitative estimate of drug-likeness (QED) is 0.538. The molecule has 0 aliphatic carbocycles. The van der Waals surface area contributed by atoms with Crippen molar-refractivity contribution in [2.75, 3.05) is 6.26 Å². The van der Waals surface area contributed by atoms with Crippen LogP contribution >= 0.6 is 0 Å². The van der Waals surface area contributed by atoms with Gasteiger partial charge in [0, 0.05) is 12.4 Å². The maximum absolute atomic E-state index is 10.8. The second kappa shape index (κ2) is 2.94. The van der Waals surface area contributed by atoms with Crippen LogP contribution in [-0.4, -0.2) is 16.1 Å². The molecule has 1 unspecified atom stereocenters. The molecule has 0 aromatic heterocycles. The Bertz CT molecular complexity index is 130. The molecule has 0 spiro atoms. The van der Waals surface area contributed by atoms with Gasteiger partial charge in [-0.15, -0.1) is 0 Å². The molecular weight excluding hydrogens is 134 g/mol.